The van der Waals surface area contributed by atoms with Crippen molar-refractivity contribution >= 4 is 12.1 Å². The Labute approximate surface area is 120 Å². The first-order valence-electron chi connectivity index (χ1n) is 7.10. The highest BCUT2D eigenvalue weighted by molar-refractivity contribution is 6.18. The molecule has 1 heterocycles. The number of hydrogen-bond donors (Lipinski definition) is 1. The molecular weight excluding hydrogens is 256 g/mol. The molecular formula is C16H24O4. The largest absolute Gasteiger partial charge is 0.479 e. The minimum atomic E-state index is -1.18. The number of ketones is 1. The summed E-state index contributed by atoms with van der Waals surface area (Å²) in [5.41, 5.74) is -0.380. The van der Waals surface area contributed by atoms with Crippen molar-refractivity contribution in [2.45, 2.75) is 59.2 Å². The fraction of sp³-hybridized carbons (Fsp3) is 0.625. The SMILES string of the molecule is CCC1=C(C=O)C(=O)C(C)(/C=C(\C)[C@@H](O)[C@@H](C)CC)O1. The number of aliphatic hydroxyl groups excluding tert-OH is 1. The van der Waals surface area contributed by atoms with Crippen molar-refractivity contribution in [3.8, 4) is 0 Å². The lowest BCUT2D eigenvalue weighted by Gasteiger charge is -2.24. The molecule has 0 aromatic carbocycles. The predicted molar refractivity (Wildman–Crippen MR) is 77.1 cm³/mol. The molecule has 3 atom stereocenters. The van der Waals surface area contributed by atoms with Gasteiger partial charge in [-0.3, -0.25) is 9.59 Å². The second-order valence-electron chi connectivity index (χ2n) is 5.57. The first kappa shape index (κ1) is 16.6. The number of rotatable bonds is 6. The highest BCUT2D eigenvalue weighted by Gasteiger charge is 2.43. The van der Waals surface area contributed by atoms with E-state index < -0.39 is 11.7 Å². The van der Waals surface area contributed by atoms with Gasteiger partial charge in [0, 0.05) is 6.42 Å². The monoisotopic (exact) mass is 280 g/mol. The molecule has 20 heavy (non-hydrogen) atoms. The lowest BCUT2D eigenvalue weighted by molar-refractivity contribution is -0.126. The number of allylic oxidation sites excluding steroid dienone is 1. The lowest BCUT2D eigenvalue weighted by atomic mass is 9.90. The summed E-state index contributed by atoms with van der Waals surface area (Å²) in [6.45, 7) is 9.20. The fourth-order valence-corrected chi connectivity index (χ4v) is 2.42. The zero-order valence-corrected chi connectivity index (χ0v) is 12.9. The molecule has 0 fully saturated rings. The number of carbonyl (C=O) groups is 2. The molecule has 4 nitrogen and oxygen atoms in total. The van der Waals surface area contributed by atoms with Crippen molar-refractivity contribution in [3.05, 3.63) is 23.0 Å². The second-order valence-corrected chi connectivity index (χ2v) is 5.57. The zero-order chi connectivity index (χ0) is 15.5. The maximum absolute atomic E-state index is 12.3. The standard InChI is InChI=1S/C16H24O4/c1-6-10(3)14(18)11(4)8-16(5)15(19)12(9-17)13(7-2)20-16/h8-10,14,18H,6-7H2,1-5H3/b11-8+/t10-,14-,16?/m0/s1. The Bertz CT molecular complexity index is 461. The number of Topliss-reactive ketones (excluding diaryl/α,β-unsaturated/α-hetero) is 1. The fourth-order valence-electron chi connectivity index (χ4n) is 2.42. The van der Waals surface area contributed by atoms with E-state index in [9.17, 15) is 14.7 Å². The smallest absolute Gasteiger partial charge is 0.216 e. The van der Waals surface area contributed by atoms with Crippen molar-refractivity contribution in [2.24, 2.45) is 5.92 Å². The van der Waals surface area contributed by atoms with Gasteiger partial charge in [-0.15, -0.1) is 0 Å². The van der Waals surface area contributed by atoms with E-state index in [-0.39, 0.29) is 17.3 Å². The van der Waals surface area contributed by atoms with E-state index in [0.29, 0.717) is 24.0 Å². The third-order valence-corrected chi connectivity index (χ3v) is 3.92. The van der Waals surface area contributed by atoms with Crippen LogP contribution in [0, 0.1) is 5.92 Å². The summed E-state index contributed by atoms with van der Waals surface area (Å²) in [6.07, 6.45) is 2.92. The van der Waals surface area contributed by atoms with E-state index in [1.807, 2.05) is 20.8 Å². The Kier molecular flexibility index (Phi) is 5.28. The van der Waals surface area contributed by atoms with E-state index in [4.69, 9.17) is 4.74 Å². The molecule has 1 unspecified atom stereocenters. The predicted octanol–water partition coefficient (Wildman–Crippen LogP) is 2.56. The lowest BCUT2D eigenvalue weighted by Crippen LogP contribution is -2.33. The van der Waals surface area contributed by atoms with E-state index >= 15 is 0 Å². The average Bonchev–Trinajstić information content (AvgIpc) is 2.68. The minimum Gasteiger partial charge on any atom is -0.479 e. The van der Waals surface area contributed by atoms with Gasteiger partial charge >= 0.3 is 0 Å². The van der Waals surface area contributed by atoms with Gasteiger partial charge in [0.25, 0.3) is 0 Å². The maximum Gasteiger partial charge on any atom is 0.216 e. The normalized spacial score (nSPS) is 26.5. The third-order valence-electron chi connectivity index (χ3n) is 3.92. The van der Waals surface area contributed by atoms with Gasteiger partial charge in [-0.25, -0.2) is 0 Å². The number of ether oxygens (including phenoxy) is 1. The van der Waals surface area contributed by atoms with E-state index in [1.54, 1.807) is 19.9 Å². The van der Waals surface area contributed by atoms with Gasteiger partial charge in [-0.1, -0.05) is 27.2 Å². The molecule has 1 rings (SSSR count). The van der Waals surface area contributed by atoms with Gasteiger partial charge in [-0.05, 0) is 31.4 Å². The summed E-state index contributed by atoms with van der Waals surface area (Å²) < 4.78 is 5.66. The van der Waals surface area contributed by atoms with Gasteiger partial charge in [0.15, 0.2) is 11.9 Å². The Balaban J connectivity index is 3.04. The first-order valence-corrected chi connectivity index (χ1v) is 7.10. The molecule has 0 saturated carbocycles. The summed E-state index contributed by atoms with van der Waals surface area (Å²) in [4.78, 5) is 23.3. The molecule has 0 radical (unpaired) electrons. The highest BCUT2D eigenvalue weighted by Crippen LogP contribution is 2.34. The van der Waals surface area contributed by atoms with Crippen LogP contribution in [0.5, 0.6) is 0 Å². The number of aliphatic hydroxyl groups is 1. The van der Waals surface area contributed by atoms with Gasteiger partial charge in [-0.2, -0.15) is 0 Å². The number of hydrogen-bond acceptors (Lipinski definition) is 4. The summed E-state index contributed by atoms with van der Waals surface area (Å²) in [5.74, 6) is 0.199. The van der Waals surface area contributed by atoms with Crippen molar-refractivity contribution in [3.63, 3.8) is 0 Å². The van der Waals surface area contributed by atoms with Crippen LogP contribution in [0.15, 0.2) is 23.0 Å². The van der Waals surface area contributed by atoms with Crippen LogP contribution in [0.4, 0.5) is 0 Å². The van der Waals surface area contributed by atoms with Gasteiger partial charge in [0.2, 0.25) is 5.78 Å². The molecule has 112 valence electrons. The van der Waals surface area contributed by atoms with Crippen molar-refractivity contribution < 1.29 is 19.4 Å². The third kappa shape index (κ3) is 3.01. The molecule has 1 aliphatic rings. The van der Waals surface area contributed by atoms with Crippen LogP contribution in [0.3, 0.4) is 0 Å². The Morgan fingerprint density at radius 1 is 1.45 bits per heavy atom. The summed E-state index contributed by atoms with van der Waals surface area (Å²) in [6, 6.07) is 0. The van der Waals surface area contributed by atoms with Crippen LogP contribution in [-0.2, 0) is 14.3 Å². The van der Waals surface area contributed by atoms with Gasteiger partial charge in [0.05, 0.1) is 11.7 Å². The summed E-state index contributed by atoms with van der Waals surface area (Å²) in [5, 5.41) is 10.2. The molecule has 0 saturated heterocycles. The van der Waals surface area contributed by atoms with Gasteiger partial charge < -0.3 is 9.84 Å². The minimum absolute atomic E-state index is 0.107. The second kappa shape index (κ2) is 6.35. The Morgan fingerprint density at radius 2 is 2.05 bits per heavy atom. The van der Waals surface area contributed by atoms with Crippen molar-refractivity contribution in [1.29, 1.82) is 0 Å². The molecule has 4 heteroatoms. The molecule has 0 amide bonds. The molecule has 0 bridgehead atoms. The van der Waals surface area contributed by atoms with Crippen LogP contribution < -0.4 is 0 Å². The van der Waals surface area contributed by atoms with Crippen LogP contribution in [0.2, 0.25) is 0 Å². The van der Waals surface area contributed by atoms with Crippen LogP contribution in [0.1, 0.15) is 47.5 Å². The van der Waals surface area contributed by atoms with Crippen molar-refractivity contribution in [2.75, 3.05) is 0 Å². The van der Waals surface area contributed by atoms with E-state index in [1.165, 1.54) is 0 Å². The highest BCUT2D eigenvalue weighted by atomic mass is 16.5. The number of aldehydes is 1. The quantitative estimate of drug-likeness (QED) is 0.461. The number of carbonyl (C=O) groups excluding carboxylic acids is 2. The zero-order valence-electron chi connectivity index (χ0n) is 12.9. The van der Waals surface area contributed by atoms with E-state index in [0.717, 1.165) is 6.42 Å². The first-order chi connectivity index (χ1) is 9.30. The molecule has 0 aromatic heterocycles. The van der Waals surface area contributed by atoms with E-state index in [2.05, 4.69) is 0 Å². The summed E-state index contributed by atoms with van der Waals surface area (Å²) >= 11 is 0. The average molecular weight is 280 g/mol. The molecule has 0 aromatic rings. The molecule has 1 aliphatic heterocycles. The van der Waals surface area contributed by atoms with Crippen LogP contribution in [-0.4, -0.2) is 28.9 Å². The van der Waals surface area contributed by atoms with Crippen molar-refractivity contribution in [1.82, 2.24) is 0 Å². The van der Waals surface area contributed by atoms with Crippen LogP contribution in [0.25, 0.3) is 0 Å². The maximum atomic E-state index is 12.3. The Hall–Kier alpha value is -1.42. The Morgan fingerprint density at radius 3 is 2.45 bits per heavy atom. The van der Waals surface area contributed by atoms with Gasteiger partial charge in [0.1, 0.15) is 5.76 Å². The summed E-state index contributed by atoms with van der Waals surface area (Å²) in [7, 11) is 0. The molecule has 0 spiro atoms. The van der Waals surface area contributed by atoms with Crippen LogP contribution >= 0.6 is 0 Å². The molecule has 1 N–H and O–H groups in total. The molecule has 0 aliphatic carbocycles. The topological polar surface area (TPSA) is 63.6 Å².